The maximum Gasteiger partial charge on any atom is 0.446 e. The third-order valence-corrected chi connectivity index (χ3v) is 21.9. The fourth-order valence-corrected chi connectivity index (χ4v) is 19.3. The Balaban J connectivity index is 0.000000137. The number of aromatic amines is 2. The molecule has 9 aliphatic heterocycles. The first-order chi connectivity index (χ1) is 41.2. The number of nitrogens with zero attached hydrogens (tertiary/aromatic N) is 4. The molecule has 9 fully saturated rings. The van der Waals surface area contributed by atoms with Gasteiger partial charge in [0, 0.05) is 130 Å². The second-order valence-electron chi connectivity index (χ2n) is 25.2. The van der Waals surface area contributed by atoms with Crippen LogP contribution in [0.3, 0.4) is 0 Å². The summed E-state index contributed by atoms with van der Waals surface area (Å²) in [6.07, 6.45) is 13.6. The number of aromatic nitrogens is 3. The summed E-state index contributed by atoms with van der Waals surface area (Å²) in [7, 11) is -18.1. The van der Waals surface area contributed by atoms with Gasteiger partial charge in [-0.2, -0.15) is 42.1 Å². The van der Waals surface area contributed by atoms with Gasteiger partial charge >= 0.3 is 50.7 Å². The van der Waals surface area contributed by atoms with Crippen LogP contribution in [-0.2, 0) is 70.0 Å². The summed E-state index contributed by atoms with van der Waals surface area (Å²) in [4.78, 5) is 15.3. The minimum absolute atomic E-state index is 0. The monoisotopic (exact) mass is 1360 g/mol. The van der Waals surface area contributed by atoms with E-state index in [0.29, 0.717) is 53.0 Å². The van der Waals surface area contributed by atoms with E-state index in [0.717, 1.165) is 102 Å². The first-order valence-corrected chi connectivity index (χ1v) is 37.7. The molecule has 6 unspecified atom stereocenters. The normalized spacial score (nSPS) is 30.3. The topological polar surface area (TPSA) is 383 Å². The molecule has 0 amide bonds. The van der Waals surface area contributed by atoms with Crippen molar-refractivity contribution in [3.63, 3.8) is 0 Å². The van der Waals surface area contributed by atoms with Crippen molar-refractivity contribution < 1.29 is 78.3 Å². The zero-order valence-corrected chi connectivity index (χ0v) is 53.6. The molecule has 0 radical (unpaired) electrons. The van der Waals surface area contributed by atoms with Gasteiger partial charge in [-0.05, 0) is 165 Å². The van der Waals surface area contributed by atoms with Gasteiger partial charge < -0.3 is 23.4 Å². The lowest BCUT2D eigenvalue weighted by Crippen LogP contribution is -2.56. The number of nitrogens with one attached hydrogen (secondary N) is 2. The molecule has 3 aliphatic carbocycles. The zero-order valence-electron chi connectivity index (χ0n) is 48.7. The van der Waals surface area contributed by atoms with Gasteiger partial charge in [-0.3, -0.25) is 37.5 Å². The molecule has 492 valence electrons. The van der Waals surface area contributed by atoms with Gasteiger partial charge in [0.25, 0.3) is 0 Å². The number of aromatic hydroxyl groups is 1. The molecule has 3 saturated carbocycles. The lowest BCUT2D eigenvalue weighted by Gasteiger charge is -2.53. The molecule has 25 nitrogen and oxygen atoms in total. The molecule has 12 aliphatic rings. The van der Waals surface area contributed by atoms with Crippen molar-refractivity contribution in [3.05, 3.63) is 88.4 Å². The van der Waals surface area contributed by atoms with Gasteiger partial charge in [0.1, 0.15) is 17.2 Å². The minimum Gasteiger partial charge on any atom is -0.508 e. The summed E-state index contributed by atoms with van der Waals surface area (Å²) in [6, 6.07) is 16.6. The lowest BCUT2D eigenvalue weighted by molar-refractivity contribution is -0.0137. The number of phenols is 1. The summed E-state index contributed by atoms with van der Waals surface area (Å²) in [6.45, 7) is 13.4. The second-order valence-corrected chi connectivity index (χ2v) is 31.6. The fourth-order valence-electron chi connectivity index (χ4n) is 17.7. The Hall–Kier alpha value is -4.64. The van der Waals surface area contributed by atoms with Crippen molar-refractivity contribution in [1.82, 2.24) is 28.6 Å². The number of benzene rings is 3. The van der Waals surface area contributed by atoms with E-state index in [-0.39, 0.29) is 36.4 Å². The van der Waals surface area contributed by atoms with Crippen LogP contribution in [0.2, 0.25) is 0 Å². The predicted molar refractivity (Wildman–Crippen MR) is 336 cm³/mol. The van der Waals surface area contributed by atoms with Crippen LogP contribution in [-0.4, -0.2) is 156 Å². The maximum absolute atomic E-state index is 12.5. The molecule has 6 saturated heterocycles. The van der Waals surface area contributed by atoms with Crippen LogP contribution in [0, 0.1) is 35.5 Å². The van der Waals surface area contributed by atoms with Crippen LogP contribution in [0.25, 0.3) is 32.7 Å². The van der Waals surface area contributed by atoms with E-state index in [2.05, 4.69) is 69.6 Å². The highest BCUT2D eigenvalue weighted by atomic mass is 35.7. The van der Waals surface area contributed by atoms with Gasteiger partial charge in [-0.15, -0.1) is 0 Å². The first kappa shape index (κ1) is 67.3. The highest BCUT2D eigenvalue weighted by molar-refractivity contribution is 8.09. The van der Waals surface area contributed by atoms with Crippen LogP contribution in [0.1, 0.15) is 138 Å². The van der Waals surface area contributed by atoms with Crippen molar-refractivity contribution >= 4 is 94.1 Å². The minimum atomic E-state index is -4.71. The highest BCUT2D eigenvalue weighted by Gasteiger charge is 2.52. The molecular weight excluding hydrogens is 1280 g/mol. The number of fused-ring (bicyclic) bond motifs is 12. The second kappa shape index (κ2) is 25.3. The molecular formula is C58H80ClN7O18S5. The highest BCUT2D eigenvalue weighted by Crippen LogP contribution is 2.55. The van der Waals surface area contributed by atoms with Gasteiger partial charge in [0.15, 0.2) is 0 Å². The average Bonchev–Trinajstić information content (AvgIpc) is 1.63. The largest absolute Gasteiger partial charge is 0.508 e. The number of rotatable bonds is 8. The number of phenolic OH excluding ortho intramolecular Hbond substituents is 1. The molecule has 0 spiro atoms. The molecule has 12 bridgehead atoms. The molecule has 12 heterocycles. The quantitative estimate of drug-likeness (QED) is 0.0510. The van der Waals surface area contributed by atoms with Gasteiger partial charge in [-0.1, -0.05) is 47.5 Å². The molecule has 89 heavy (non-hydrogen) atoms. The van der Waals surface area contributed by atoms with E-state index in [9.17, 15) is 34.9 Å². The van der Waals surface area contributed by atoms with Crippen molar-refractivity contribution in [2.24, 2.45) is 40.6 Å². The van der Waals surface area contributed by atoms with E-state index in [1.54, 1.807) is 18.2 Å². The van der Waals surface area contributed by atoms with Crippen molar-refractivity contribution in [3.8, 4) is 17.2 Å². The Morgan fingerprint density at radius 1 is 0.539 bits per heavy atom. The van der Waals surface area contributed by atoms with E-state index in [4.69, 9.17) is 35.0 Å². The van der Waals surface area contributed by atoms with Crippen LogP contribution in [0.15, 0.2) is 54.6 Å². The Labute approximate surface area is 524 Å². The molecule has 18 rings (SSSR count). The van der Waals surface area contributed by atoms with Crippen molar-refractivity contribution in [1.29, 1.82) is 0 Å². The number of halogens is 1. The smallest absolute Gasteiger partial charge is 0.446 e. The lowest BCUT2D eigenvalue weighted by atomic mass is 9.65. The van der Waals surface area contributed by atoms with E-state index in [1.165, 1.54) is 110 Å². The number of piperidine rings is 6. The Morgan fingerprint density at radius 2 is 0.910 bits per heavy atom. The predicted octanol–water partition coefficient (Wildman–Crippen LogP) is 8.39. The molecule has 6 aromatic rings. The molecule has 31 heteroatoms. The Kier molecular flexibility index (Phi) is 19.2. The number of hydrogen-bond acceptors (Lipinski definition) is 16. The zero-order chi connectivity index (χ0) is 63.3. The SMILES string of the molecule is C.CC[C@H]1C[C@H]2C[C@H]3c4[nH]c5ccc(O)cc5c4CCN(C2)C13.CC[C@H]1C[C@H]2C[C@H]3c4[nH]c5ccc(OS(=O)(=O)O)cc5c4CCN(C2)C13.CC[C@H]1C[C@H]2C[C@H]3c4c(c5cc(OS(=O)(=O)O)ccc5n4S(=O)(=O)O)CCN(C2)C13.NS(=O)(=O)O.O=S(=O)(O)Cl. The molecule has 10 N–H and O–H groups in total. The first-order valence-electron chi connectivity index (χ1n) is 29.8. The van der Waals surface area contributed by atoms with Crippen molar-refractivity contribution in [2.45, 2.75) is 141 Å². The van der Waals surface area contributed by atoms with Crippen LogP contribution < -0.4 is 13.5 Å². The molecule has 15 atom stereocenters. The number of hydrogen-bond donors (Lipinski definition) is 9. The summed E-state index contributed by atoms with van der Waals surface area (Å²) in [5.74, 6) is 5.86. The van der Waals surface area contributed by atoms with Crippen LogP contribution in [0.4, 0.5) is 0 Å². The maximum atomic E-state index is 12.5. The number of H-pyrrole nitrogens is 2. The third kappa shape index (κ3) is 14.5. The van der Waals surface area contributed by atoms with Gasteiger partial charge in [0.2, 0.25) is 0 Å². The van der Waals surface area contributed by atoms with Crippen molar-refractivity contribution in [2.75, 3.05) is 39.3 Å². The molecule has 3 aromatic carbocycles. The van der Waals surface area contributed by atoms with E-state index < -0.39 is 50.7 Å². The van der Waals surface area contributed by atoms with E-state index >= 15 is 0 Å². The summed E-state index contributed by atoms with van der Waals surface area (Å²) >= 11 is 0. The number of nitrogens with two attached hydrogens (primary N) is 1. The van der Waals surface area contributed by atoms with E-state index in [1.807, 2.05) is 18.2 Å². The Morgan fingerprint density at radius 3 is 1.33 bits per heavy atom. The summed E-state index contributed by atoms with van der Waals surface area (Å²) in [5.41, 5.74) is 9.47. The summed E-state index contributed by atoms with van der Waals surface area (Å²) in [5, 5.41) is 16.5. The van der Waals surface area contributed by atoms with Crippen LogP contribution in [0.5, 0.6) is 17.2 Å². The third-order valence-electron chi connectivity index (χ3n) is 20.2. The molecule has 3 aromatic heterocycles. The Bertz CT molecular complexity index is 4190. The summed E-state index contributed by atoms with van der Waals surface area (Å²) < 4.78 is 158. The fraction of sp³-hybridized carbons (Fsp3) is 0.586. The average molecular weight is 1360 g/mol. The van der Waals surface area contributed by atoms with Gasteiger partial charge in [0.05, 0.1) is 5.52 Å². The van der Waals surface area contributed by atoms with Crippen LogP contribution >= 0.6 is 10.7 Å². The standard InChI is InChI=1S/C19H24N2O7S2.C19H24N2O4S.C19H24N2O.CH4.ClHO3S.H3NO3S/c1-2-12-7-11-8-16-18(12)20(10-11)6-5-14-15-9-13(28-30(25,26)27)3-4-17(15)21(19(14)16)29(22,23)24;1-2-12-7-11-8-16-18-14(5-6-21(10-11)19(12)16)15-9-13(25-26(22,23)24)3-4-17(15)20-18;1-2-12-7-11-8-16-18-14(5-6-21(10-11)19(12)16)15-9-13(22)3-4-17(15)20-18;;2*1-5(2,3)4/h3-4,9,11-12,16,18H,2,5-8,10H2,1H3,(H,22,23,24)(H,25,26,27);3-4,9,11-12,16,19-20H,2,5-8,10H2,1H3,(H,22,23,24);3-4,9,11-12,16,19-20,22H,2,5-8,10H2,1H3;1H4;(H,2,3,4);(H3,1,2,3,4)/t11-,12-,16+,18?;2*11-,12-,16-,19?;;;/m000.../s1. The van der Waals surface area contributed by atoms with Gasteiger partial charge in [-0.25, -0.2) is 9.11 Å².